The largest absolute Gasteiger partial charge is 0.477 e. The summed E-state index contributed by atoms with van der Waals surface area (Å²) in [7, 11) is 0. The Bertz CT molecular complexity index is 295. The third-order valence-corrected chi connectivity index (χ3v) is 2.25. The van der Waals surface area contributed by atoms with Crippen molar-refractivity contribution in [1.82, 2.24) is 4.98 Å². The number of carboxylic acid groups (broad SMARTS) is 1. The van der Waals surface area contributed by atoms with Crippen molar-refractivity contribution in [1.29, 1.82) is 0 Å². The molecular weight excluding hydrogens is 190 g/mol. The van der Waals surface area contributed by atoms with Crippen molar-refractivity contribution in [3.63, 3.8) is 0 Å². The smallest absolute Gasteiger partial charge is 0.347 e. The highest BCUT2D eigenvalue weighted by Gasteiger charge is 2.13. The molecule has 0 aliphatic rings. The summed E-state index contributed by atoms with van der Waals surface area (Å²) < 4.78 is 5.26. The number of hydrogen-bond donors (Lipinski definition) is 1. The minimum atomic E-state index is -0.940. The van der Waals surface area contributed by atoms with E-state index in [-0.39, 0.29) is 17.6 Å². The summed E-state index contributed by atoms with van der Waals surface area (Å²) in [5, 5.41) is 8.73. The number of carboxylic acids is 1. The van der Waals surface area contributed by atoms with Crippen LogP contribution in [-0.4, -0.2) is 22.2 Å². The van der Waals surface area contributed by atoms with Crippen molar-refractivity contribution in [2.45, 2.75) is 26.6 Å². The van der Waals surface area contributed by atoms with E-state index in [1.54, 1.807) is 0 Å². The molecule has 0 aliphatic heterocycles. The second kappa shape index (κ2) is 4.34. The Morgan fingerprint density at radius 1 is 1.77 bits per heavy atom. The van der Waals surface area contributed by atoms with Gasteiger partial charge in [0.2, 0.25) is 0 Å². The topological polar surface area (TPSA) is 59.4 Å². The fourth-order valence-electron chi connectivity index (χ4n) is 0.792. The van der Waals surface area contributed by atoms with E-state index in [4.69, 9.17) is 9.84 Å². The normalized spacial score (nSPS) is 10.7. The summed E-state index contributed by atoms with van der Waals surface area (Å²) in [6.07, 6.45) is 0.0864. The van der Waals surface area contributed by atoms with Gasteiger partial charge in [0.05, 0.1) is 23.9 Å². The number of carbonyl (C=O) groups is 1. The maximum absolute atomic E-state index is 10.6. The summed E-state index contributed by atoms with van der Waals surface area (Å²) in [5.41, 5.74) is 2.02. The molecule has 1 aromatic heterocycles. The van der Waals surface area contributed by atoms with E-state index in [2.05, 4.69) is 4.98 Å². The lowest BCUT2D eigenvalue weighted by Gasteiger charge is -2.05. The second-order valence-electron chi connectivity index (χ2n) is 2.79. The van der Waals surface area contributed by atoms with Gasteiger partial charge in [-0.15, -0.1) is 11.3 Å². The van der Waals surface area contributed by atoms with Crippen LogP contribution in [0.5, 0.6) is 0 Å². The fraction of sp³-hybridized carbons (Fsp3) is 0.500. The molecule has 0 aliphatic carbocycles. The zero-order valence-corrected chi connectivity index (χ0v) is 8.30. The Labute approximate surface area is 80.2 Å². The summed E-state index contributed by atoms with van der Waals surface area (Å²) in [6.45, 7) is 4.06. The predicted octanol–water partition coefficient (Wildman–Crippen LogP) is 1.77. The lowest BCUT2D eigenvalue weighted by Crippen LogP contribution is -2.06. The molecule has 72 valence electrons. The highest BCUT2D eigenvalue weighted by molar-refractivity contribution is 7.11. The minimum Gasteiger partial charge on any atom is -0.477 e. The van der Waals surface area contributed by atoms with Gasteiger partial charge in [0, 0.05) is 0 Å². The Morgan fingerprint density at radius 2 is 2.46 bits per heavy atom. The number of nitrogens with zero attached hydrogens (tertiary/aromatic N) is 1. The van der Waals surface area contributed by atoms with E-state index in [1.165, 1.54) is 5.51 Å². The van der Waals surface area contributed by atoms with Crippen LogP contribution in [0.25, 0.3) is 0 Å². The average molecular weight is 201 g/mol. The molecule has 1 rings (SSSR count). The standard InChI is InChI=1S/C8H11NO3S/c1-5(2)12-3-6-7(8(10)11)13-4-9-6/h4-5H,3H2,1-2H3,(H,10,11). The van der Waals surface area contributed by atoms with Crippen LogP contribution in [0.1, 0.15) is 29.2 Å². The van der Waals surface area contributed by atoms with Crippen LogP contribution in [0.4, 0.5) is 0 Å². The third-order valence-electron chi connectivity index (χ3n) is 1.39. The molecule has 0 aromatic carbocycles. The number of ether oxygens (including phenoxy) is 1. The Morgan fingerprint density at radius 3 is 3.00 bits per heavy atom. The maximum Gasteiger partial charge on any atom is 0.347 e. The molecule has 1 N–H and O–H groups in total. The van der Waals surface area contributed by atoms with Gasteiger partial charge in [0.15, 0.2) is 0 Å². The summed E-state index contributed by atoms with van der Waals surface area (Å²) in [4.78, 5) is 14.8. The van der Waals surface area contributed by atoms with Crippen molar-refractivity contribution >= 4 is 17.3 Å². The number of hydrogen-bond acceptors (Lipinski definition) is 4. The molecular formula is C8H11NO3S. The molecule has 5 heteroatoms. The van der Waals surface area contributed by atoms with Crippen LogP contribution >= 0.6 is 11.3 Å². The fourth-order valence-corrected chi connectivity index (χ4v) is 1.43. The van der Waals surface area contributed by atoms with Crippen LogP contribution in [0.15, 0.2) is 5.51 Å². The van der Waals surface area contributed by atoms with E-state index in [1.807, 2.05) is 13.8 Å². The molecule has 0 radical (unpaired) electrons. The van der Waals surface area contributed by atoms with E-state index in [9.17, 15) is 4.79 Å². The molecule has 0 fully saturated rings. The summed E-state index contributed by atoms with van der Waals surface area (Å²) >= 11 is 1.12. The van der Waals surface area contributed by atoms with Crippen LogP contribution in [0, 0.1) is 0 Å². The van der Waals surface area contributed by atoms with E-state index in [0.717, 1.165) is 11.3 Å². The van der Waals surface area contributed by atoms with E-state index in [0.29, 0.717) is 5.69 Å². The maximum atomic E-state index is 10.6. The minimum absolute atomic E-state index is 0.0864. The quantitative estimate of drug-likeness (QED) is 0.806. The Kier molecular flexibility index (Phi) is 3.39. The van der Waals surface area contributed by atoms with Crippen LogP contribution in [-0.2, 0) is 11.3 Å². The highest BCUT2D eigenvalue weighted by atomic mass is 32.1. The predicted molar refractivity (Wildman–Crippen MR) is 49.0 cm³/mol. The van der Waals surface area contributed by atoms with Crippen molar-refractivity contribution in [3.8, 4) is 0 Å². The molecule has 0 atom stereocenters. The lowest BCUT2D eigenvalue weighted by molar-refractivity contribution is 0.0596. The van der Waals surface area contributed by atoms with Crippen LogP contribution in [0.2, 0.25) is 0 Å². The van der Waals surface area contributed by atoms with Gasteiger partial charge in [-0.1, -0.05) is 0 Å². The van der Waals surface area contributed by atoms with Crippen LogP contribution < -0.4 is 0 Å². The van der Waals surface area contributed by atoms with Gasteiger partial charge in [-0.2, -0.15) is 0 Å². The van der Waals surface area contributed by atoms with Gasteiger partial charge in [-0.05, 0) is 13.8 Å². The van der Waals surface area contributed by atoms with Crippen molar-refractivity contribution in [3.05, 3.63) is 16.1 Å². The highest BCUT2D eigenvalue weighted by Crippen LogP contribution is 2.14. The second-order valence-corrected chi connectivity index (χ2v) is 3.65. The van der Waals surface area contributed by atoms with Crippen molar-refractivity contribution < 1.29 is 14.6 Å². The molecule has 0 saturated heterocycles. The van der Waals surface area contributed by atoms with Gasteiger partial charge < -0.3 is 9.84 Å². The van der Waals surface area contributed by atoms with Gasteiger partial charge >= 0.3 is 5.97 Å². The summed E-state index contributed by atoms with van der Waals surface area (Å²) in [5.74, 6) is -0.940. The zero-order chi connectivity index (χ0) is 9.84. The molecule has 0 spiro atoms. The first kappa shape index (κ1) is 10.1. The average Bonchev–Trinajstić information content (AvgIpc) is 2.47. The van der Waals surface area contributed by atoms with Gasteiger partial charge in [0.1, 0.15) is 4.88 Å². The number of rotatable bonds is 4. The molecule has 0 unspecified atom stereocenters. The van der Waals surface area contributed by atoms with Gasteiger partial charge in [-0.25, -0.2) is 9.78 Å². The van der Waals surface area contributed by atoms with Crippen LogP contribution in [0.3, 0.4) is 0 Å². The third kappa shape index (κ3) is 2.78. The molecule has 0 bridgehead atoms. The zero-order valence-electron chi connectivity index (χ0n) is 7.48. The molecule has 0 saturated carbocycles. The monoisotopic (exact) mass is 201 g/mol. The number of aromatic carboxylic acids is 1. The van der Waals surface area contributed by atoms with E-state index < -0.39 is 5.97 Å². The molecule has 1 heterocycles. The number of thiazole rings is 1. The van der Waals surface area contributed by atoms with E-state index >= 15 is 0 Å². The first-order valence-corrected chi connectivity index (χ1v) is 4.76. The Balaban J connectivity index is 2.65. The number of aromatic nitrogens is 1. The Hall–Kier alpha value is -0.940. The first-order valence-electron chi connectivity index (χ1n) is 3.88. The molecule has 13 heavy (non-hydrogen) atoms. The first-order chi connectivity index (χ1) is 6.11. The lowest BCUT2D eigenvalue weighted by atomic mass is 10.4. The van der Waals surface area contributed by atoms with Gasteiger partial charge in [0.25, 0.3) is 0 Å². The molecule has 0 amide bonds. The molecule has 1 aromatic rings. The summed E-state index contributed by atoms with van der Waals surface area (Å²) in [6, 6.07) is 0. The van der Waals surface area contributed by atoms with Gasteiger partial charge in [-0.3, -0.25) is 0 Å². The van der Waals surface area contributed by atoms with Crippen molar-refractivity contribution in [2.24, 2.45) is 0 Å². The SMILES string of the molecule is CC(C)OCc1ncsc1C(=O)O. The molecule has 4 nitrogen and oxygen atoms in total. The van der Waals surface area contributed by atoms with Crippen molar-refractivity contribution in [2.75, 3.05) is 0 Å².